The summed E-state index contributed by atoms with van der Waals surface area (Å²) in [5.74, 6) is 2.05. The van der Waals surface area contributed by atoms with Crippen LogP contribution in [0.15, 0.2) is 35.2 Å². The minimum Gasteiger partial charge on any atom is -0.495 e. The van der Waals surface area contributed by atoms with Gasteiger partial charge >= 0.3 is 0 Å². The monoisotopic (exact) mass is 439 g/mol. The highest BCUT2D eigenvalue weighted by atomic mass is 35.5. The summed E-state index contributed by atoms with van der Waals surface area (Å²) in [7, 11) is -2.12. The molecule has 1 aromatic carbocycles. The van der Waals surface area contributed by atoms with Crippen molar-refractivity contribution in [1.29, 1.82) is 0 Å². The molecule has 0 atom stereocenters. The molecule has 2 aromatic rings. The van der Waals surface area contributed by atoms with Gasteiger partial charge < -0.3 is 14.5 Å². The lowest BCUT2D eigenvalue weighted by molar-refractivity contribution is 0.383. The van der Waals surface area contributed by atoms with Gasteiger partial charge in [0.2, 0.25) is 10.0 Å². The predicted molar refractivity (Wildman–Crippen MR) is 115 cm³/mol. The van der Waals surface area contributed by atoms with Gasteiger partial charge in [0.15, 0.2) is 11.6 Å². The van der Waals surface area contributed by atoms with Crippen molar-refractivity contribution in [3.8, 4) is 5.75 Å². The van der Waals surface area contributed by atoms with E-state index in [9.17, 15) is 8.42 Å². The maximum absolute atomic E-state index is 12.9. The molecule has 0 amide bonds. The third kappa shape index (κ3) is 4.57. The summed E-state index contributed by atoms with van der Waals surface area (Å²) in [6.45, 7) is 7.72. The van der Waals surface area contributed by atoms with Gasteiger partial charge in [-0.15, -0.1) is 10.2 Å². The van der Waals surface area contributed by atoms with Crippen molar-refractivity contribution < 1.29 is 13.2 Å². The lowest BCUT2D eigenvalue weighted by Crippen LogP contribution is -2.49. The summed E-state index contributed by atoms with van der Waals surface area (Å²) >= 11 is 6.10. The van der Waals surface area contributed by atoms with Gasteiger partial charge in [-0.25, -0.2) is 8.42 Å². The number of piperazine rings is 1. The van der Waals surface area contributed by atoms with Crippen LogP contribution in [0.3, 0.4) is 0 Å². The predicted octanol–water partition coefficient (Wildman–Crippen LogP) is 2.50. The summed E-state index contributed by atoms with van der Waals surface area (Å²) in [5.41, 5.74) is 0. The molecule has 1 aromatic heterocycles. The molecule has 0 radical (unpaired) electrons. The van der Waals surface area contributed by atoms with Crippen LogP contribution >= 0.6 is 11.6 Å². The van der Waals surface area contributed by atoms with E-state index in [1.807, 2.05) is 17.0 Å². The smallest absolute Gasteiger partial charge is 0.243 e. The molecular weight excluding hydrogens is 414 g/mol. The van der Waals surface area contributed by atoms with E-state index in [4.69, 9.17) is 16.3 Å². The molecule has 0 unspecified atom stereocenters. The summed E-state index contributed by atoms with van der Waals surface area (Å²) in [6.07, 6.45) is 0. The zero-order valence-corrected chi connectivity index (χ0v) is 18.4. The summed E-state index contributed by atoms with van der Waals surface area (Å²) in [4.78, 5) is 4.34. The number of anilines is 2. The number of benzene rings is 1. The van der Waals surface area contributed by atoms with Gasteiger partial charge in [0, 0.05) is 39.3 Å². The second kappa shape index (κ2) is 9.15. The number of halogens is 1. The van der Waals surface area contributed by atoms with Crippen LogP contribution in [0, 0.1) is 0 Å². The van der Waals surface area contributed by atoms with Gasteiger partial charge in [-0.1, -0.05) is 11.6 Å². The largest absolute Gasteiger partial charge is 0.495 e. The van der Waals surface area contributed by atoms with Crippen molar-refractivity contribution in [3.63, 3.8) is 0 Å². The Morgan fingerprint density at radius 2 is 1.76 bits per heavy atom. The molecule has 1 saturated heterocycles. The van der Waals surface area contributed by atoms with E-state index in [-0.39, 0.29) is 9.92 Å². The molecule has 29 heavy (non-hydrogen) atoms. The highest BCUT2D eigenvalue weighted by Crippen LogP contribution is 2.29. The number of rotatable bonds is 7. The number of hydrogen-bond acceptors (Lipinski definition) is 7. The summed E-state index contributed by atoms with van der Waals surface area (Å²) in [6, 6.07) is 8.41. The van der Waals surface area contributed by atoms with Crippen LogP contribution in [0.5, 0.6) is 5.75 Å². The average molecular weight is 440 g/mol. The number of ether oxygens (including phenoxy) is 1. The molecule has 1 aliphatic rings. The van der Waals surface area contributed by atoms with E-state index in [1.165, 1.54) is 23.5 Å². The standard InChI is InChI=1S/C19H26ClN5O3S/c1-4-23(5-2)18-8-9-19(22-21-18)24-10-12-25(13-11-24)29(26,27)15-6-7-17(28-3)16(20)14-15/h6-9,14H,4-5,10-13H2,1-3H3. The third-order valence-electron chi connectivity index (χ3n) is 5.05. The van der Waals surface area contributed by atoms with E-state index in [1.54, 1.807) is 6.07 Å². The number of sulfonamides is 1. The fourth-order valence-electron chi connectivity index (χ4n) is 3.32. The molecule has 2 heterocycles. The molecule has 10 heteroatoms. The molecule has 0 saturated carbocycles. The Morgan fingerprint density at radius 1 is 1.07 bits per heavy atom. The second-order valence-corrected chi connectivity index (χ2v) is 8.95. The zero-order chi connectivity index (χ0) is 21.0. The van der Waals surface area contributed by atoms with E-state index < -0.39 is 10.0 Å². The molecule has 1 fully saturated rings. The summed E-state index contributed by atoms with van der Waals surface area (Å²) in [5, 5.41) is 8.92. The molecule has 0 N–H and O–H groups in total. The Bertz CT molecular complexity index is 927. The molecule has 0 aliphatic carbocycles. The van der Waals surface area contributed by atoms with E-state index in [2.05, 4.69) is 28.9 Å². The van der Waals surface area contributed by atoms with Crippen molar-refractivity contribution in [1.82, 2.24) is 14.5 Å². The highest BCUT2D eigenvalue weighted by molar-refractivity contribution is 7.89. The quantitative estimate of drug-likeness (QED) is 0.655. The maximum atomic E-state index is 12.9. The molecule has 3 rings (SSSR count). The average Bonchev–Trinajstić information content (AvgIpc) is 2.75. The van der Waals surface area contributed by atoms with Crippen molar-refractivity contribution in [2.45, 2.75) is 18.7 Å². The maximum Gasteiger partial charge on any atom is 0.243 e. The minimum absolute atomic E-state index is 0.167. The second-order valence-electron chi connectivity index (χ2n) is 6.61. The van der Waals surface area contributed by atoms with Crippen LogP contribution in [-0.4, -0.2) is 69.3 Å². The normalized spacial score (nSPS) is 15.4. The topological polar surface area (TPSA) is 78.9 Å². The van der Waals surface area contributed by atoms with Gasteiger partial charge in [-0.3, -0.25) is 0 Å². The molecular formula is C19H26ClN5O3S. The highest BCUT2D eigenvalue weighted by Gasteiger charge is 2.29. The lowest BCUT2D eigenvalue weighted by Gasteiger charge is -2.34. The van der Waals surface area contributed by atoms with Crippen LogP contribution in [0.25, 0.3) is 0 Å². The minimum atomic E-state index is -3.62. The van der Waals surface area contributed by atoms with Crippen molar-refractivity contribution in [2.24, 2.45) is 0 Å². The molecule has 8 nitrogen and oxygen atoms in total. The van der Waals surface area contributed by atoms with Crippen LogP contribution in [0.1, 0.15) is 13.8 Å². The first kappa shape index (κ1) is 21.6. The van der Waals surface area contributed by atoms with Gasteiger partial charge in [-0.05, 0) is 44.2 Å². The van der Waals surface area contributed by atoms with E-state index in [0.717, 1.165) is 24.7 Å². The first-order chi connectivity index (χ1) is 13.9. The first-order valence-corrected chi connectivity index (χ1v) is 11.4. The molecule has 1 aliphatic heterocycles. The van der Waals surface area contributed by atoms with Gasteiger partial charge in [-0.2, -0.15) is 4.31 Å². The molecule has 0 bridgehead atoms. The number of aromatic nitrogens is 2. The van der Waals surface area contributed by atoms with Gasteiger partial charge in [0.25, 0.3) is 0 Å². The third-order valence-corrected chi connectivity index (χ3v) is 7.24. The molecule has 158 valence electrons. The molecule has 0 spiro atoms. The Balaban J connectivity index is 1.67. The number of nitrogens with zero attached hydrogens (tertiary/aromatic N) is 5. The van der Waals surface area contributed by atoms with Crippen molar-refractivity contribution in [2.75, 3.05) is 56.2 Å². The van der Waals surface area contributed by atoms with E-state index >= 15 is 0 Å². The fraction of sp³-hybridized carbons (Fsp3) is 0.474. The Kier molecular flexibility index (Phi) is 6.81. The van der Waals surface area contributed by atoms with Gasteiger partial charge in [0.05, 0.1) is 17.0 Å². The van der Waals surface area contributed by atoms with Crippen LogP contribution in [0.2, 0.25) is 5.02 Å². The van der Waals surface area contributed by atoms with Crippen LogP contribution in [0.4, 0.5) is 11.6 Å². The Hall–Kier alpha value is -2.10. The van der Waals surface area contributed by atoms with E-state index in [0.29, 0.717) is 31.9 Å². The van der Waals surface area contributed by atoms with Crippen LogP contribution in [-0.2, 0) is 10.0 Å². The van der Waals surface area contributed by atoms with Crippen molar-refractivity contribution >= 4 is 33.3 Å². The number of hydrogen-bond donors (Lipinski definition) is 0. The lowest BCUT2D eigenvalue weighted by atomic mass is 10.3. The number of methoxy groups -OCH3 is 1. The Labute approximate surface area is 177 Å². The first-order valence-electron chi connectivity index (χ1n) is 9.58. The fourth-order valence-corrected chi connectivity index (χ4v) is 5.09. The van der Waals surface area contributed by atoms with Crippen LogP contribution < -0.4 is 14.5 Å². The zero-order valence-electron chi connectivity index (χ0n) is 16.9. The SMILES string of the molecule is CCN(CC)c1ccc(N2CCN(S(=O)(=O)c3ccc(OC)c(Cl)c3)CC2)nn1. The summed E-state index contributed by atoms with van der Waals surface area (Å²) < 4.78 is 32.5. The van der Waals surface area contributed by atoms with Crippen molar-refractivity contribution in [3.05, 3.63) is 35.4 Å². The van der Waals surface area contributed by atoms with Gasteiger partial charge in [0.1, 0.15) is 5.75 Å². The Morgan fingerprint density at radius 3 is 2.28 bits per heavy atom.